The smallest absolute Gasteiger partial charge is 0.416 e. The van der Waals surface area contributed by atoms with Gasteiger partial charge in [-0.1, -0.05) is 54.6 Å². The van der Waals surface area contributed by atoms with Crippen LogP contribution < -0.4 is 9.47 Å². The van der Waals surface area contributed by atoms with Gasteiger partial charge in [0.15, 0.2) is 11.5 Å². The molecule has 0 aliphatic carbocycles. The zero-order chi connectivity index (χ0) is 27.4. The van der Waals surface area contributed by atoms with Crippen molar-refractivity contribution in [2.45, 2.75) is 29.3 Å². The summed E-state index contributed by atoms with van der Waals surface area (Å²) in [4.78, 5) is 5.87. The Kier molecular flexibility index (Phi) is 7.84. The number of thioether (sulfide) groups is 1. The van der Waals surface area contributed by atoms with Gasteiger partial charge in [0, 0.05) is 11.4 Å². The Labute approximate surface area is 229 Å². The zero-order valence-electron chi connectivity index (χ0n) is 21.5. The van der Waals surface area contributed by atoms with Crippen LogP contribution in [0.4, 0.5) is 13.2 Å². The normalized spacial score (nSPS) is 12.4. The number of fused-ring (bicyclic) bond motifs is 1. The summed E-state index contributed by atoms with van der Waals surface area (Å²) in [6.45, 7) is 0.519. The van der Waals surface area contributed by atoms with E-state index >= 15 is 0 Å². The summed E-state index contributed by atoms with van der Waals surface area (Å²) in [6.07, 6.45) is -3.83. The second-order valence-corrected chi connectivity index (χ2v) is 10.2. The van der Waals surface area contributed by atoms with Crippen molar-refractivity contribution in [1.29, 1.82) is 0 Å². The SMILES string of the molecule is COc1ccc(CCn2c(C(Sc3ccccc3)c3ccccc3)nc3cc(C(F)(F)F)ccc32)cc1OC. The molecule has 0 bridgehead atoms. The second kappa shape index (κ2) is 11.5. The molecule has 1 heterocycles. The van der Waals surface area contributed by atoms with Crippen molar-refractivity contribution in [1.82, 2.24) is 9.55 Å². The van der Waals surface area contributed by atoms with Crippen molar-refractivity contribution < 1.29 is 22.6 Å². The average molecular weight is 549 g/mol. The largest absolute Gasteiger partial charge is 0.493 e. The summed E-state index contributed by atoms with van der Waals surface area (Å²) in [5.74, 6) is 1.96. The van der Waals surface area contributed by atoms with Gasteiger partial charge in [0.2, 0.25) is 0 Å². The van der Waals surface area contributed by atoms with Gasteiger partial charge < -0.3 is 14.0 Å². The molecule has 5 aromatic rings. The summed E-state index contributed by atoms with van der Waals surface area (Å²) in [6, 6.07) is 29.4. The number of methoxy groups -OCH3 is 2. The molecular weight excluding hydrogens is 521 g/mol. The number of aromatic nitrogens is 2. The van der Waals surface area contributed by atoms with E-state index in [1.54, 1.807) is 26.0 Å². The number of imidazole rings is 1. The van der Waals surface area contributed by atoms with E-state index in [1.165, 1.54) is 6.07 Å². The summed E-state index contributed by atoms with van der Waals surface area (Å²) >= 11 is 1.62. The number of rotatable bonds is 9. The van der Waals surface area contributed by atoms with E-state index in [1.807, 2.05) is 83.4 Å². The average Bonchev–Trinajstić information content (AvgIpc) is 3.32. The van der Waals surface area contributed by atoms with Gasteiger partial charge >= 0.3 is 6.18 Å². The first-order valence-electron chi connectivity index (χ1n) is 12.4. The summed E-state index contributed by atoms with van der Waals surface area (Å²) < 4.78 is 53.6. The Hall–Kier alpha value is -3.91. The first kappa shape index (κ1) is 26.7. The minimum atomic E-state index is -4.45. The second-order valence-electron chi connectivity index (χ2n) is 8.98. The third-order valence-electron chi connectivity index (χ3n) is 6.51. The molecule has 0 aliphatic rings. The fourth-order valence-corrected chi connectivity index (χ4v) is 5.73. The lowest BCUT2D eigenvalue weighted by Crippen LogP contribution is -2.10. The molecule has 0 amide bonds. The maximum absolute atomic E-state index is 13.6. The van der Waals surface area contributed by atoms with Crippen LogP contribution in [0.25, 0.3) is 11.0 Å². The van der Waals surface area contributed by atoms with E-state index < -0.39 is 11.7 Å². The fourth-order valence-electron chi connectivity index (χ4n) is 4.57. The predicted molar refractivity (Wildman–Crippen MR) is 149 cm³/mol. The Morgan fingerprint density at radius 2 is 1.51 bits per heavy atom. The predicted octanol–water partition coefficient (Wildman–Crippen LogP) is 8.20. The molecule has 4 nitrogen and oxygen atoms in total. The maximum Gasteiger partial charge on any atom is 0.416 e. The third kappa shape index (κ3) is 5.91. The molecule has 5 rings (SSSR count). The minimum Gasteiger partial charge on any atom is -0.493 e. The highest BCUT2D eigenvalue weighted by Crippen LogP contribution is 2.42. The molecule has 200 valence electrons. The lowest BCUT2D eigenvalue weighted by molar-refractivity contribution is -0.137. The molecule has 1 aromatic heterocycles. The topological polar surface area (TPSA) is 36.3 Å². The van der Waals surface area contributed by atoms with Crippen LogP contribution in [0.15, 0.2) is 102 Å². The van der Waals surface area contributed by atoms with Gasteiger partial charge in [0.25, 0.3) is 0 Å². The van der Waals surface area contributed by atoms with Crippen molar-refractivity contribution in [3.8, 4) is 11.5 Å². The van der Waals surface area contributed by atoms with Crippen molar-refractivity contribution in [2.75, 3.05) is 14.2 Å². The van der Waals surface area contributed by atoms with Gasteiger partial charge in [0.05, 0.1) is 36.1 Å². The van der Waals surface area contributed by atoms with Crippen LogP contribution in [0.1, 0.15) is 27.8 Å². The Balaban J connectivity index is 1.61. The van der Waals surface area contributed by atoms with Crippen molar-refractivity contribution >= 4 is 22.8 Å². The van der Waals surface area contributed by atoms with E-state index in [-0.39, 0.29) is 5.25 Å². The van der Waals surface area contributed by atoms with Gasteiger partial charge in [-0.2, -0.15) is 13.2 Å². The van der Waals surface area contributed by atoms with E-state index in [0.29, 0.717) is 41.3 Å². The summed E-state index contributed by atoms with van der Waals surface area (Å²) in [5, 5.41) is -0.235. The van der Waals surface area contributed by atoms with Crippen LogP contribution in [0.2, 0.25) is 0 Å². The van der Waals surface area contributed by atoms with Gasteiger partial charge in [-0.3, -0.25) is 0 Å². The maximum atomic E-state index is 13.6. The van der Waals surface area contributed by atoms with E-state index in [4.69, 9.17) is 14.5 Å². The third-order valence-corrected chi connectivity index (χ3v) is 7.77. The Morgan fingerprint density at radius 3 is 2.18 bits per heavy atom. The quantitative estimate of drug-likeness (QED) is 0.174. The lowest BCUT2D eigenvalue weighted by Gasteiger charge is -2.19. The van der Waals surface area contributed by atoms with E-state index in [9.17, 15) is 13.2 Å². The number of alkyl halides is 3. The highest BCUT2D eigenvalue weighted by atomic mass is 32.2. The molecule has 0 saturated heterocycles. The van der Waals surface area contributed by atoms with Gasteiger partial charge in [0.1, 0.15) is 5.82 Å². The number of halogens is 3. The molecule has 1 unspecified atom stereocenters. The van der Waals surface area contributed by atoms with Crippen LogP contribution >= 0.6 is 11.8 Å². The van der Waals surface area contributed by atoms with Crippen LogP contribution in [0.3, 0.4) is 0 Å². The molecule has 0 fully saturated rings. The lowest BCUT2D eigenvalue weighted by atomic mass is 10.1. The van der Waals surface area contributed by atoms with Crippen LogP contribution in [-0.4, -0.2) is 23.8 Å². The molecule has 1 atom stereocenters. The standard InChI is InChI=1S/C31H27F3N2O2S/c1-37-27-16-13-21(19-28(27)38-2)17-18-36-26-15-14-23(31(32,33)34)20-25(26)35-30(36)29(22-9-5-3-6-10-22)39-24-11-7-4-8-12-24/h3-16,19-20,29H,17-18H2,1-2H3. The molecular formula is C31H27F3N2O2S. The fraction of sp³-hybridized carbons (Fsp3) is 0.194. The molecule has 0 saturated carbocycles. The molecule has 0 aliphatic heterocycles. The number of hydrogen-bond acceptors (Lipinski definition) is 4. The minimum absolute atomic E-state index is 0.235. The van der Waals surface area contributed by atoms with E-state index in [0.717, 1.165) is 28.2 Å². The highest BCUT2D eigenvalue weighted by molar-refractivity contribution is 7.99. The number of ether oxygens (including phenoxy) is 2. The van der Waals surface area contributed by atoms with Gasteiger partial charge in [-0.15, -0.1) is 11.8 Å². The first-order chi connectivity index (χ1) is 18.9. The first-order valence-corrected chi connectivity index (χ1v) is 13.3. The number of benzene rings is 4. The molecule has 39 heavy (non-hydrogen) atoms. The number of nitrogens with zero attached hydrogens (tertiary/aromatic N) is 2. The zero-order valence-corrected chi connectivity index (χ0v) is 22.3. The molecule has 8 heteroatoms. The summed E-state index contributed by atoms with van der Waals surface area (Å²) in [5.41, 5.74) is 2.30. The van der Waals surface area contributed by atoms with Gasteiger partial charge in [-0.25, -0.2) is 4.98 Å². The van der Waals surface area contributed by atoms with Crippen LogP contribution in [0.5, 0.6) is 11.5 Å². The molecule has 0 radical (unpaired) electrons. The Morgan fingerprint density at radius 1 is 0.821 bits per heavy atom. The monoisotopic (exact) mass is 548 g/mol. The summed E-state index contributed by atoms with van der Waals surface area (Å²) in [7, 11) is 3.18. The van der Waals surface area contributed by atoms with Crippen molar-refractivity contribution in [3.63, 3.8) is 0 Å². The Bertz CT molecular complexity index is 1550. The number of hydrogen-bond donors (Lipinski definition) is 0. The molecule has 0 N–H and O–H groups in total. The van der Waals surface area contributed by atoms with Crippen LogP contribution in [-0.2, 0) is 19.1 Å². The van der Waals surface area contributed by atoms with Gasteiger partial charge in [-0.05, 0) is 60.0 Å². The van der Waals surface area contributed by atoms with Crippen LogP contribution in [0, 0.1) is 0 Å². The van der Waals surface area contributed by atoms with E-state index in [2.05, 4.69) is 0 Å². The number of aryl methyl sites for hydroxylation is 2. The molecule has 0 spiro atoms. The van der Waals surface area contributed by atoms with Crippen molar-refractivity contribution in [2.24, 2.45) is 0 Å². The molecule has 4 aromatic carbocycles. The highest BCUT2D eigenvalue weighted by Gasteiger charge is 2.32. The van der Waals surface area contributed by atoms with Crippen molar-refractivity contribution in [3.05, 3.63) is 120 Å².